The summed E-state index contributed by atoms with van der Waals surface area (Å²) in [5.74, 6) is 0.115. The van der Waals surface area contributed by atoms with Gasteiger partial charge in [0.2, 0.25) is 11.8 Å². The van der Waals surface area contributed by atoms with Gasteiger partial charge in [-0.1, -0.05) is 27.7 Å². The highest BCUT2D eigenvalue weighted by Gasteiger charge is 2.64. The van der Waals surface area contributed by atoms with Crippen LogP contribution in [0.1, 0.15) is 102 Å². The Morgan fingerprint density at radius 2 is 1.60 bits per heavy atom. The van der Waals surface area contributed by atoms with Crippen LogP contribution in [-0.2, 0) is 9.59 Å². The predicted octanol–water partition coefficient (Wildman–Crippen LogP) is 4.70. The van der Waals surface area contributed by atoms with E-state index in [1.165, 1.54) is 0 Å². The van der Waals surface area contributed by atoms with Gasteiger partial charge in [-0.15, -0.1) is 0 Å². The van der Waals surface area contributed by atoms with E-state index in [1.807, 2.05) is 37.3 Å². The van der Waals surface area contributed by atoms with Crippen LogP contribution in [0.2, 0.25) is 0 Å². The molecule has 4 fully saturated rings. The fourth-order valence-electron chi connectivity index (χ4n) is 10.4. The highest BCUT2D eigenvalue weighted by atomic mass is 16.5. The minimum absolute atomic E-state index is 0.0923. The number of rotatable bonds is 10. The molecule has 0 radical (unpaired) electrons. The molecular formula is C46H54N8O6. The molecule has 1 aliphatic carbocycles. The molecule has 60 heavy (non-hydrogen) atoms. The van der Waals surface area contributed by atoms with Gasteiger partial charge in [0.25, 0.3) is 17.7 Å². The third kappa shape index (κ3) is 7.59. The number of hydrogen-bond acceptors (Lipinski definition) is 11. The zero-order chi connectivity index (χ0) is 42.5. The van der Waals surface area contributed by atoms with Gasteiger partial charge in [0.15, 0.2) is 0 Å². The Labute approximate surface area is 351 Å². The summed E-state index contributed by atoms with van der Waals surface area (Å²) in [5, 5.41) is 14.8. The fraction of sp³-hybridized carbons (Fsp3) is 0.500. The molecule has 0 bridgehead atoms. The Hall–Kier alpha value is -5.81. The number of amides is 5. The summed E-state index contributed by atoms with van der Waals surface area (Å²) in [4.78, 5) is 76.8. The van der Waals surface area contributed by atoms with Crippen molar-refractivity contribution in [3.8, 4) is 11.8 Å². The van der Waals surface area contributed by atoms with Crippen LogP contribution < -0.4 is 25.2 Å². The maximum absolute atomic E-state index is 13.5. The summed E-state index contributed by atoms with van der Waals surface area (Å²) in [6.45, 7) is 16.6. The molecule has 5 heterocycles. The van der Waals surface area contributed by atoms with E-state index in [-0.39, 0.29) is 41.7 Å². The number of hydrogen-bond donors (Lipinski definition) is 2. The van der Waals surface area contributed by atoms with Crippen LogP contribution in [0.4, 0.5) is 11.5 Å². The maximum Gasteiger partial charge on any atom is 0.262 e. The molecule has 1 saturated carbocycles. The first kappa shape index (κ1) is 40.9. The third-order valence-electron chi connectivity index (χ3n) is 13.7. The molecule has 8 rings (SSSR count). The van der Waals surface area contributed by atoms with Gasteiger partial charge in [0, 0.05) is 74.4 Å². The molecule has 314 valence electrons. The lowest BCUT2D eigenvalue weighted by atomic mass is 9.49. The first-order chi connectivity index (χ1) is 28.6. The van der Waals surface area contributed by atoms with E-state index in [0.29, 0.717) is 28.2 Å². The van der Waals surface area contributed by atoms with Crippen LogP contribution in [0.15, 0.2) is 54.7 Å². The molecular weight excluding hydrogens is 761 g/mol. The number of aryl methyl sites for hydroxylation is 1. The Kier molecular flexibility index (Phi) is 10.9. The van der Waals surface area contributed by atoms with Crippen LogP contribution in [0.25, 0.3) is 0 Å². The van der Waals surface area contributed by atoms with Crippen molar-refractivity contribution in [3.63, 3.8) is 0 Å². The monoisotopic (exact) mass is 814 g/mol. The molecule has 1 atom stereocenters. The Morgan fingerprint density at radius 3 is 2.25 bits per heavy atom. The molecule has 5 aliphatic rings. The van der Waals surface area contributed by atoms with Crippen molar-refractivity contribution in [2.75, 3.05) is 55.6 Å². The number of carbonyl (C=O) groups excluding carboxylic acids is 5. The summed E-state index contributed by atoms with van der Waals surface area (Å²) in [5.41, 5.74) is 2.87. The van der Waals surface area contributed by atoms with Crippen molar-refractivity contribution in [1.82, 2.24) is 25.4 Å². The molecule has 1 unspecified atom stereocenters. The Balaban J connectivity index is 0.769. The van der Waals surface area contributed by atoms with Crippen LogP contribution >= 0.6 is 0 Å². The van der Waals surface area contributed by atoms with E-state index in [9.17, 15) is 29.2 Å². The van der Waals surface area contributed by atoms with E-state index in [1.54, 1.807) is 24.4 Å². The van der Waals surface area contributed by atoms with Crippen molar-refractivity contribution in [2.24, 2.45) is 16.7 Å². The second-order valence-electron chi connectivity index (χ2n) is 18.3. The molecule has 1 aromatic heterocycles. The summed E-state index contributed by atoms with van der Waals surface area (Å²) >= 11 is 0. The molecule has 4 aliphatic heterocycles. The highest BCUT2D eigenvalue weighted by molar-refractivity contribution is 6.23. The second kappa shape index (κ2) is 16.0. The predicted molar refractivity (Wildman–Crippen MR) is 225 cm³/mol. The van der Waals surface area contributed by atoms with Crippen LogP contribution in [0.5, 0.6) is 5.75 Å². The normalized spacial score (nSPS) is 24.1. The van der Waals surface area contributed by atoms with E-state index in [0.717, 1.165) is 92.8 Å². The zero-order valence-corrected chi connectivity index (χ0v) is 35.1. The molecule has 14 heteroatoms. The summed E-state index contributed by atoms with van der Waals surface area (Å²) in [6.07, 6.45) is 5.06. The van der Waals surface area contributed by atoms with Gasteiger partial charge >= 0.3 is 0 Å². The number of pyridine rings is 1. The molecule has 5 amide bonds. The Bertz CT molecular complexity index is 2230. The molecule has 0 spiro atoms. The molecule has 14 nitrogen and oxygen atoms in total. The quantitative estimate of drug-likeness (QED) is 0.272. The largest absolute Gasteiger partial charge is 0.489 e. The van der Waals surface area contributed by atoms with Gasteiger partial charge in [-0.05, 0) is 99.2 Å². The standard InChI is InChI=1S/C46H54N8O6/c1-28-24-33(9-6-30(28)26-47)60-44-45(2,3)43(46(44,4)5)50-39(56)31-7-12-37(48-27-31)53-18-15-29(16-19-53)14-17-51-20-22-52(23-21-51)32-8-10-34-35(25-32)42(59)54(41(34)58)36-11-13-38(55)49-40(36)57/h6-10,12,24-25,27,29,36,43-44H,11,13-23H2,1-5H3,(H,50,56)(H,49,55,57). The summed E-state index contributed by atoms with van der Waals surface area (Å²) in [6, 6.07) is 15.8. The third-order valence-corrected chi connectivity index (χ3v) is 13.7. The smallest absolute Gasteiger partial charge is 0.262 e. The number of imide groups is 2. The van der Waals surface area contributed by atoms with E-state index in [4.69, 9.17) is 9.72 Å². The number of fused-ring (bicyclic) bond motifs is 1. The summed E-state index contributed by atoms with van der Waals surface area (Å²) in [7, 11) is 0. The van der Waals surface area contributed by atoms with Gasteiger partial charge in [-0.3, -0.25) is 39.1 Å². The molecule has 2 aromatic carbocycles. The number of nitrogens with zero attached hydrogens (tertiary/aromatic N) is 6. The van der Waals surface area contributed by atoms with E-state index in [2.05, 4.69) is 59.1 Å². The fourth-order valence-corrected chi connectivity index (χ4v) is 10.4. The van der Waals surface area contributed by atoms with Crippen LogP contribution in [0.3, 0.4) is 0 Å². The van der Waals surface area contributed by atoms with Crippen LogP contribution in [0, 0.1) is 35.0 Å². The maximum atomic E-state index is 13.5. The van der Waals surface area contributed by atoms with Gasteiger partial charge in [-0.25, -0.2) is 4.98 Å². The number of benzene rings is 2. The minimum Gasteiger partial charge on any atom is -0.489 e. The number of piperidine rings is 2. The average Bonchev–Trinajstić information content (AvgIpc) is 3.49. The Morgan fingerprint density at radius 1 is 0.883 bits per heavy atom. The summed E-state index contributed by atoms with van der Waals surface area (Å²) < 4.78 is 6.46. The number of ether oxygens (including phenoxy) is 1. The first-order valence-electron chi connectivity index (χ1n) is 21.2. The lowest BCUT2D eigenvalue weighted by molar-refractivity contribution is -0.164. The number of piperazine rings is 1. The van der Waals surface area contributed by atoms with Crippen molar-refractivity contribution < 1.29 is 28.7 Å². The topological polar surface area (TPSA) is 168 Å². The van der Waals surface area contributed by atoms with Crippen molar-refractivity contribution in [3.05, 3.63) is 82.5 Å². The number of nitrogens with one attached hydrogen (secondary N) is 2. The number of aromatic nitrogens is 1. The van der Waals surface area contributed by atoms with Crippen molar-refractivity contribution >= 4 is 41.0 Å². The van der Waals surface area contributed by atoms with Crippen molar-refractivity contribution in [2.45, 2.75) is 84.9 Å². The van der Waals surface area contributed by atoms with E-state index < -0.39 is 29.7 Å². The lowest BCUT2D eigenvalue weighted by Gasteiger charge is -2.63. The molecule has 2 N–H and O–H groups in total. The first-order valence-corrected chi connectivity index (χ1v) is 21.2. The van der Waals surface area contributed by atoms with E-state index >= 15 is 0 Å². The highest BCUT2D eigenvalue weighted by Crippen LogP contribution is 2.55. The minimum atomic E-state index is -0.972. The number of nitriles is 1. The molecule has 3 aromatic rings. The van der Waals surface area contributed by atoms with Crippen molar-refractivity contribution in [1.29, 1.82) is 5.26 Å². The number of carbonyl (C=O) groups is 5. The average molecular weight is 815 g/mol. The SMILES string of the molecule is Cc1cc(OC2C(C)(C)C(NC(=O)c3ccc(N4CCC(CCN5CCN(c6ccc7c(c6)C(=O)N(C6CCC(=O)NC6=O)C7=O)CC5)CC4)nc3)C2(C)C)ccc1C#N. The molecule has 3 saturated heterocycles. The zero-order valence-electron chi connectivity index (χ0n) is 35.1. The van der Waals surface area contributed by atoms with Gasteiger partial charge < -0.3 is 19.9 Å². The lowest BCUT2D eigenvalue weighted by Crippen LogP contribution is -2.74. The second-order valence-corrected chi connectivity index (χ2v) is 18.3. The van der Waals surface area contributed by atoms with Gasteiger partial charge in [0.1, 0.15) is 23.7 Å². The van der Waals surface area contributed by atoms with Crippen LogP contribution in [-0.4, -0.2) is 108 Å². The van der Waals surface area contributed by atoms with Gasteiger partial charge in [0.05, 0.1) is 28.3 Å². The number of anilines is 2. The van der Waals surface area contributed by atoms with Gasteiger partial charge in [-0.2, -0.15) is 5.26 Å².